The smallest absolute Gasteiger partial charge is 0.305 e. The molecule has 346 valence electrons. The van der Waals surface area contributed by atoms with Gasteiger partial charge in [-0.15, -0.1) is 0 Å². The summed E-state index contributed by atoms with van der Waals surface area (Å²) in [5.41, 5.74) is 0. The van der Waals surface area contributed by atoms with Crippen molar-refractivity contribution in [1.82, 2.24) is 4.90 Å². The van der Waals surface area contributed by atoms with Crippen LogP contribution in [-0.4, -0.2) is 50.7 Å². The Morgan fingerprint density at radius 2 is 0.603 bits per heavy atom. The molecule has 5 nitrogen and oxygen atoms in total. The van der Waals surface area contributed by atoms with Crippen molar-refractivity contribution in [3.63, 3.8) is 0 Å². The molecule has 0 aromatic rings. The number of carbonyl (C=O) groups is 2. The quantitative estimate of drug-likeness (QED) is 0.0452. The molecule has 0 aliphatic carbocycles. The van der Waals surface area contributed by atoms with E-state index < -0.39 is 0 Å². The molecule has 0 atom stereocenters. The minimum Gasteiger partial charge on any atom is -0.466 e. The van der Waals surface area contributed by atoms with E-state index in [9.17, 15) is 9.59 Å². The zero-order valence-electron chi connectivity index (χ0n) is 40.5. The number of rotatable bonds is 47. The van der Waals surface area contributed by atoms with Gasteiger partial charge in [0.05, 0.1) is 13.2 Å². The average Bonchev–Trinajstić information content (AvgIpc) is 3.21. The van der Waals surface area contributed by atoms with Crippen molar-refractivity contribution in [1.29, 1.82) is 0 Å². The molecule has 0 aromatic heterocycles. The standard InChI is InChI=1S/C53H105NO4/c1-7-11-35-49(36-12-8-2)42-30-33-47-57-52(55)44-27-23-19-15-17-21-25-39-51(41-29-32-46-54(5)6)40-26-22-18-16-20-24-28-45-53(56)58-48-34-31-43-50(37-13-9-3)38-14-10-4/h49-51H,7-48H2,1-6H3. The predicted octanol–water partition coefficient (Wildman–Crippen LogP) is 16.8. The van der Waals surface area contributed by atoms with Crippen molar-refractivity contribution < 1.29 is 19.1 Å². The number of carbonyl (C=O) groups excluding carboxylic acids is 2. The highest BCUT2D eigenvalue weighted by Crippen LogP contribution is 2.26. The fourth-order valence-electron chi connectivity index (χ4n) is 8.89. The van der Waals surface area contributed by atoms with Crippen molar-refractivity contribution >= 4 is 11.9 Å². The second-order valence-electron chi connectivity index (χ2n) is 18.9. The molecule has 0 radical (unpaired) electrons. The first-order chi connectivity index (χ1) is 28.4. The molecule has 0 unspecified atom stereocenters. The second kappa shape index (κ2) is 45.4. The summed E-state index contributed by atoms with van der Waals surface area (Å²) in [6.45, 7) is 11.6. The maximum atomic E-state index is 12.2. The van der Waals surface area contributed by atoms with Crippen LogP contribution in [0.1, 0.15) is 278 Å². The number of nitrogens with zero attached hydrogens (tertiary/aromatic N) is 1. The molecule has 0 aromatic carbocycles. The summed E-state index contributed by atoms with van der Waals surface area (Å²) in [5, 5.41) is 0. The van der Waals surface area contributed by atoms with E-state index in [0.29, 0.717) is 26.1 Å². The van der Waals surface area contributed by atoms with E-state index in [-0.39, 0.29) is 11.9 Å². The maximum absolute atomic E-state index is 12.2. The van der Waals surface area contributed by atoms with Gasteiger partial charge in [-0.05, 0) is 83.3 Å². The van der Waals surface area contributed by atoms with E-state index in [0.717, 1.165) is 56.3 Å². The van der Waals surface area contributed by atoms with Gasteiger partial charge in [0.25, 0.3) is 0 Å². The zero-order valence-corrected chi connectivity index (χ0v) is 40.5. The fraction of sp³-hybridized carbons (Fsp3) is 0.962. The summed E-state index contributed by atoms with van der Waals surface area (Å²) in [4.78, 5) is 26.8. The van der Waals surface area contributed by atoms with Gasteiger partial charge in [0.15, 0.2) is 0 Å². The van der Waals surface area contributed by atoms with Crippen LogP contribution >= 0.6 is 0 Å². The summed E-state index contributed by atoms with van der Waals surface area (Å²) in [6, 6.07) is 0. The molecule has 58 heavy (non-hydrogen) atoms. The van der Waals surface area contributed by atoms with Gasteiger partial charge in [-0.1, -0.05) is 220 Å². The molecule has 0 bridgehead atoms. The van der Waals surface area contributed by atoms with Crippen LogP contribution < -0.4 is 0 Å². The first kappa shape index (κ1) is 56.9. The summed E-state index contributed by atoms with van der Waals surface area (Å²) < 4.78 is 11.1. The lowest BCUT2D eigenvalue weighted by molar-refractivity contribution is -0.144. The molecule has 0 heterocycles. The summed E-state index contributed by atoms with van der Waals surface area (Å²) in [5.74, 6) is 2.67. The minimum atomic E-state index is 0.0173. The molecule has 0 fully saturated rings. The van der Waals surface area contributed by atoms with Gasteiger partial charge < -0.3 is 14.4 Å². The Bertz CT molecular complexity index is 770. The van der Waals surface area contributed by atoms with Crippen molar-refractivity contribution in [3.8, 4) is 0 Å². The number of ether oxygens (including phenoxy) is 2. The highest BCUT2D eigenvalue weighted by atomic mass is 16.5. The number of hydrogen-bond donors (Lipinski definition) is 0. The minimum absolute atomic E-state index is 0.0173. The summed E-state index contributed by atoms with van der Waals surface area (Å²) in [6.07, 6.45) is 48.8. The Hall–Kier alpha value is -1.10. The van der Waals surface area contributed by atoms with Crippen LogP contribution in [0.5, 0.6) is 0 Å². The van der Waals surface area contributed by atoms with Gasteiger partial charge >= 0.3 is 11.9 Å². The molecule has 0 saturated heterocycles. The maximum Gasteiger partial charge on any atom is 0.305 e. The fourth-order valence-corrected chi connectivity index (χ4v) is 8.89. The first-order valence-corrected chi connectivity index (χ1v) is 26.3. The van der Waals surface area contributed by atoms with Crippen LogP contribution in [0.25, 0.3) is 0 Å². The molecule has 0 saturated carbocycles. The van der Waals surface area contributed by atoms with Crippen LogP contribution in [-0.2, 0) is 19.1 Å². The molecule has 0 N–H and O–H groups in total. The van der Waals surface area contributed by atoms with Crippen LogP contribution in [0.4, 0.5) is 0 Å². The molecule has 0 aliphatic rings. The normalized spacial score (nSPS) is 11.8. The third-order valence-electron chi connectivity index (χ3n) is 12.9. The topological polar surface area (TPSA) is 55.8 Å². The molecule has 0 aliphatic heterocycles. The Morgan fingerprint density at radius 3 is 0.914 bits per heavy atom. The van der Waals surface area contributed by atoms with E-state index in [1.807, 2.05) is 0 Å². The molecular formula is C53H105NO4. The van der Waals surface area contributed by atoms with Crippen LogP contribution in [0.15, 0.2) is 0 Å². The van der Waals surface area contributed by atoms with Crippen molar-refractivity contribution in [3.05, 3.63) is 0 Å². The average molecular weight is 820 g/mol. The molecule has 0 amide bonds. The second-order valence-corrected chi connectivity index (χ2v) is 18.9. The highest BCUT2D eigenvalue weighted by Gasteiger charge is 2.12. The van der Waals surface area contributed by atoms with E-state index in [2.05, 4.69) is 46.7 Å². The van der Waals surface area contributed by atoms with E-state index in [1.165, 1.54) is 206 Å². The van der Waals surface area contributed by atoms with Crippen molar-refractivity contribution in [2.45, 2.75) is 278 Å². The Kier molecular flexibility index (Phi) is 44.6. The largest absolute Gasteiger partial charge is 0.466 e. The lowest BCUT2D eigenvalue weighted by Crippen LogP contribution is -2.13. The van der Waals surface area contributed by atoms with Crippen LogP contribution in [0.3, 0.4) is 0 Å². The van der Waals surface area contributed by atoms with Crippen LogP contribution in [0.2, 0.25) is 0 Å². The summed E-state index contributed by atoms with van der Waals surface area (Å²) in [7, 11) is 4.38. The molecular weight excluding hydrogens is 715 g/mol. The Morgan fingerprint density at radius 1 is 0.345 bits per heavy atom. The molecule has 0 rings (SSSR count). The van der Waals surface area contributed by atoms with Gasteiger partial charge in [0.2, 0.25) is 0 Å². The van der Waals surface area contributed by atoms with Gasteiger partial charge in [0.1, 0.15) is 0 Å². The summed E-state index contributed by atoms with van der Waals surface area (Å²) >= 11 is 0. The van der Waals surface area contributed by atoms with Gasteiger partial charge in [-0.25, -0.2) is 0 Å². The number of unbranched alkanes of at least 4 members (excludes halogenated alkanes) is 19. The monoisotopic (exact) mass is 820 g/mol. The molecule has 5 heteroatoms. The van der Waals surface area contributed by atoms with Gasteiger partial charge in [-0.2, -0.15) is 0 Å². The number of hydrogen-bond acceptors (Lipinski definition) is 5. The van der Waals surface area contributed by atoms with Gasteiger partial charge in [0, 0.05) is 12.8 Å². The Labute approximate surface area is 364 Å². The van der Waals surface area contributed by atoms with Crippen LogP contribution in [0, 0.1) is 17.8 Å². The predicted molar refractivity (Wildman–Crippen MR) is 254 cm³/mol. The highest BCUT2D eigenvalue weighted by molar-refractivity contribution is 5.69. The third-order valence-corrected chi connectivity index (χ3v) is 12.9. The van der Waals surface area contributed by atoms with Crippen molar-refractivity contribution in [2.75, 3.05) is 33.9 Å². The zero-order chi connectivity index (χ0) is 42.6. The Balaban J connectivity index is 3.95. The van der Waals surface area contributed by atoms with E-state index >= 15 is 0 Å². The van der Waals surface area contributed by atoms with E-state index in [4.69, 9.17) is 9.47 Å². The third kappa shape index (κ3) is 41.6. The lowest BCUT2D eigenvalue weighted by Gasteiger charge is -2.18. The van der Waals surface area contributed by atoms with E-state index in [1.54, 1.807) is 0 Å². The SMILES string of the molecule is CCCCC(CCCC)CCCCOC(=O)CCCCCCCCCC(CCCCCCCCCC(=O)OCCCCC(CCCC)CCCC)CCCCN(C)C. The lowest BCUT2D eigenvalue weighted by atomic mass is 9.90. The number of esters is 2. The van der Waals surface area contributed by atoms with Crippen molar-refractivity contribution in [2.24, 2.45) is 17.8 Å². The molecule has 0 spiro atoms. The van der Waals surface area contributed by atoms with Gasteiger partial charge in [-0.3, -0.25) is 9.59 Å². The first-order valence-electron chi connectivity index (χ1n) is 26.3.